The Kier molecular flexibility index (Phi) is 12.2. The molecule has 0 aliphatic heterocycles. The number of hydrogen-bond acceptors (Lipinski definition) is 5. The Hall–Kier alpha value is -3.40. The summed E-state index contributed by atoms with van der Waals surface area (Å²) in [7, 11) is 0. The predicted molar refractivity (Wildman–Crippen MR) is 160 cm³/mol. The number of rotatable bonds is 15. The maximum atomic E-state index is 13.7. The maximum absolute atomic E-state index is 13.7. The van der Waals surface area contributed by atoms with Gasteiger partial charge in [-0.05, 0) is 55.2 Å². The van der Waals surface area contributed by atoms with Crippen LogP contribution < -0.4 is 0 Å². The summed E-state index contributed by atoms with van der Waals surface area (Å²) in [6.07, 6.45) is 2.46. The Bertz CT molecular complexity index is 1340. The van der Waals surface area contributed by atoms with E-state index in [2.05, 4.69) is 4.57 Å². The second-order valence-electron chi connectivity index (χ2n) is 10.1. The molecule has 9 nitrogen and oxygen atoms in total. The summed E-state index contributed by atoms with van der Waals surface area (Å²) in [5, 5.41) is 12.0. The Balaban J connectivity index is 1.83. The minimum Gasteiger partial charge on any atom is -0.382 e. The molecule has 2 aromatic carbocycles. The second-order valence-corrected chi connectivity index (χ2v) is 10.9. The van der Waals surface area contributed by atoms with Crippen LogP contribution in [0.1, 0.15) is 48.8 Å². The molecule has 220 valence electrons. The first-order valence-electron chi connectivity index (χ1n) is 13.6. The van der Waals surface area contributed by atoms with Crippen molar-refractivity contribution in [2.75, 3.05) is 32.8 Å². The Morgan fingerprint density at radius 2 is 1.80 bits per heavy atom. The van der Waals surface area contributed by atoms with Crippen molar-refractivity contribution in [3.8, 4) is 0 Å². The van der Waals surface area contributed by atoms with E-state index in [0.717, 1.165) is 17.3 Å². The van der Waals surface area contributed by atoms with Gasteiger partial charge in [0.2, 0.25) is 5.91 Å². The van der Waals surface area contributed by atoms with Crippen LogP contribution >= 0.6 is 23.2 Å². The van der Waals surface area contributed by atoms with Crippen molar-refractivity contribution in [1.82, 2.24) is 14.4 Å². The number of nitro groups is 1. The molecular formula is C30H36Cl2N4O5. The fourth-order valence-electron chi connectivity index (χ4n) is 4.43. The topological polar surface area (TPSA) is 97.9 Å². The van der Waals surface area contributed by atoms with Crippen molar-refractivity contribution in [2.24, 2.45) is 5.92 Å². The zero-order valence-electron chi connectivity index (χ0n) is 23.6. The fraction of sp³-hybridized carbons (Fsp3) is 0.400. The smallest absolute Gasteiger partial charge is 0.288 e. The van der Waals surface area contributed by atoms with Crippen LogP contribution in [0.4, 0.5) is 5.69 Å². The summed E-state index contributed by atoms with van der Waals surface area (Å²) < 4.78 is 7.48. The van der Waals surface area contributed by atoms with Crippen LogP contribution in [-0.4, -0.2) is 64.0 Å². The summed E-state index contributed by atoms with van der Waals surface area (Å²) in [4.78, 5) is 41.2. The van der Waals surface area contributed by atoms with Crippen LogP contribution in [0, 0.1) is 16.0 Å². The summed E-state index contributed by atoms with van der Waals surface area (Å²) in [6, 6.07) is 15.4. The van der Waals surface area contributed by atoms with Crippen LogP contribution in [0.2, 0.25) is 10.0 Å². The van der Waals surface area contributed by atoms with Gasteiger partial charge >= 0.3 is 0 Å². The van der Waals surface area contributed by atoms with Crippen LogP contribution in [0.15, 0.2) is 60.8 Å². The van der Waals surface area contributed by atoms with Gasteiger partial charge in [0.1, 0.15) is 11.6 Å². The predicted octanol–water partition coefficient (Wildman–Crippen LogP) is 6.31. The molecule has 0 unspecified atom stereocenters. The van der Waals surface area contributed by atoms with E-state index in [4.69, 9.17) is 27.9 Å². The Morgan fingerprint density at radius 3 is 2.49 bits per heavy atom. The molecule has 3 aromatic rings. The monoisotopic (exact) mass is 602 g/mol. The second kappa shape index (κ2) is 15.6. The van der Waals surface area contributed by atoms with Crippen LogP contribution in [0.5, 0.6) is 0 Å². The molecular weight excluding hydrogens is 567 g/mol. The highest BCUT2D eigenvalue weighted by atomic mass is 35.5. The summed E-state index contributed by atoms with van der Waals surface area (Å²) in [5.74, 6) is -0.523. The normalized spacial score (nSPS) is 11.1. The highest BCUT2D eigenvalue weighted by Gasteiger charge is 2.25. The number of ether oxygens (including phenoxy) is 1. The Morgan fingerprint density at radius 1 is 1.05 bits per heavy atom. The molecule has 2 amide bonds. The van der Waals surface area contributed by atoms with Crippen LogP contribution in [0.3, 0.4) is 0 Å². The molecule has 0 atom stereocenters. The van der Waals surface area contributed by atoms with Crippen molar-refractivity contribution in [2.45, 2.75) is 40.3 Å². The lowest BCUT2D eigenvalue weighted by molar-refractivity contribution is -0.384. The van der Waals surface area contributed by atoms with E-state index in [1.165, 1.54) is 17.0 Å². The SMILES string of the molecule is CCOCCCN(CC(=O)N(Cc1cccn1Cc1ccccc1Cl)CC(C)C)C(=O)c1ccc(Cl)c([N+](=O)[O-])c1. The molecule has 0 bridgehead atoms. The van der Waals surface area contributed by atoms with Crippen LogP contribution in [-0.2, 0) is 22.6 Å². The molecule has 11 heteroatoms. The van der Waals surface area contributed by atoms with Gasteiger partial charge in [-0.3, -0.25) is 19.7 Å². The third-order valence-corrected chi connectivity index (χ3v) is 7.13. The molecule has 0 saturated carbocycles. The maximum Gasteiger partial charge on any atom is 0.288 e. The molecule has 0 fully saturated rings. The largest absolute Gasteiger partial charge is 0.382 e. The molecule has 0 saturated heterocycles. The molecule has 1 heterocycles. The van der Waals surface area contributed by atoms with Crippen molar-refractivity contribution >= 4 is 40.7 Å². The quantitative estimate of drug-likeness (QED) is 0.115. The minimum absolute atomic E-state index is 0.0616. The van der Waals surface area contributed by atoms with E-state index in [0.29, 0.717) is 44.3 Å². The molecule has 3 rings (SSSR count). The van der Waals surface area contributed by atoms with Crippen molar-refractivity contribution < 1.29 is 19.2 Å². The van der Waals surface area contributed by atoms with Crippen molar-refractivity contribution in [3.05, 3.63) is 97.8 Å². The van der Waals surface area contributed by atoms with E-state index in [1.54, 1.807) is 4.90 Å². The third kappa shape index (κ3) is 9.31. The van der Waals surface area contributed by atoms with Gasteiger partial charge in [-0.2, -0.15) is 0 Å². The van der Waals surface area contributed by atoms with Crippen molar-refractivity contribution in [3.63, 3.8) is 0 Å². The molecule has 0 aliphatic carbocycles. The van der Waals surface area contributed by atoms with E-state index >= 15 is 0 Å². The standard InChI is InChI=1S/C30H36Cl2N4O5/c1-4-41-16-8-15-34(30(38)23-12-13-27(32)28(17-23)36(39)40)21-29(37)35(18-22(2)3)20-25-10-7-14-33(25)19-24-9-5-6-11-26(24)31/h5-7,9-14,17,22H,4,8,15-16,18-21H2,1-3H3. The number of carbonyl (C=O) groups excluding carboxylic acids is 2. The lowest BCUT2D eigenvalue weighted by Crippen LogP contribution is -2.44. The number of halogens is 2. The number of nitrogens with zero attached hydrogens (tertiary/aromatic N) is 4. The van der Waals surface area contributed by atoms with Gasteiger partial charge in [0.05, 0.1) is 11.5 Å². The third-order valence-electron chi connectivity index (χ3n) is 6.44. The average Bonchev–Trinajstić information content (AvgIpc) is 3.37. The van der Waals surface area contributed by atoms with E-state index < -0.39 is 10.8 Å². The van der Waals surface area contributed by atoms with Gasteiger partial charge in [0.25, 0.3) is 11.6 Å². The average molecular weight is 604 g/mol. The molecule has 0 aliphatic rings. The summed E-state index contributed by atoms with van der Waals surface area (Å²) in [5.41, 5.74) is 1.63. The first-order chi connectivity index (χ1) is 19.6. The zero-order chi connectivity index (χ0) is 29.9. The van der Waals surface area contributed by atoms with E-state index in [1.807, 2.05) is 63.4 Å². The highest BCUT2D eigenvalue weighted by molar-refractivity contribution is 6.32. The van der Waals surface area contributed by atoms with E-state index in [9.17, 15) is 19.7 Å². The van der Waals surface area contributed by atoms with Crippen LogP contribution in [0.25, 0.3) is 0 Å². The molecule has 1 aromatic heterocycles. The van der Waals surface area contributed by atoms with Gasteiger partial charge in [-0.25, -0.2) is 0 Å². The van der Waals surface area contributed by atoms with Gasteiger partial charge in [0.15, 0.2) is 0 Å². The fourth-order valence-corrected chi connectivity index (χ4v) is 4.82. The number of amides is 2. The molecule has 0 spiro atoms. The van der Waals surface area contributed by atoms with Gasteiger partial charge in [-0.15, -0.1) is 0 Å². The van der Waals surface area contributed by atoms with Crippen molar-refractivity contribution in [1.29, 1.82) is 0 Å². The first kappa shape index (κ1) is 32.1. The van der Waals surface area contributed by atoms with Gasteiger partial charge in [-0.1, -0.05) is 55.2 Å². The molecule has 0 N–H and O–H groups in total. The zero-order valence-corrected chi connectivity index (χ0v) is 25.1. The first-order valence-corrected chi connectivity index (χ1v) is 14.3. The number of hydrogen-bond donors (Lipinski definition) is 0. The lowest BCUT2D eigenvalue weighted by atomic mass is 10.1. The summed E-state index contributed by atoms with van der Waals surface area (Å²) >= 11 is 12.3. The van der Waals surface area contributed by atoms with Gasteiger partial charge < -0.3 is 19.1 Å². The number of nitro benzene ring substituents is 1. The number of carbonyl (C=O) groups is 2. The molecule has 41 heavy (non-hydrogen) atoms. The number of benzene rings is 2. The highest BCUT2D eigenvalue weighted by Crippen LogP contribution is 2.26. The lowest BCUT2D eigenvalue weighted by Gasteiger charge is -2.29. The molecule has 0 radical (unpaired) electrons. The summed E-state index contributed by atoms with van der Waals surface area (Å²) in [6.45, 7) is 8.35. The number of aromatic nitrogens is 1. The minimum atomic E-state index is -0.633. The van der Waals surface area contributed by atoms with Gasteiger partial charge in [0, 0.05) is 61.4 Å². The Labute approximate surface area is 250 Å². The van der Waals surface area contributed by atoms with E-state index in [-0.39, 0.29) is 41.2 Å².